The molecule has 3 unspecified atom stereocenters. The van der Waals surface area contributed by atoms with Crippen LogP contribution in [-0.2, 0) is 9.47 Å². The van der Waals surface area contributed by atoms with Gasteiger partial charge in [-0.15, -0.1) is 0 Å². The third-order valence-corrected chi connectivity index (χ3v) is 4.42. The van der Waals surface area contributed by atoms with Gasteiger partial charge in [0.2, 0.25) is 0 Å². The predicted molar refractivity (Wildman–Crippen MR) is 73.0 cm³/mol. The summed E-state index contributed by atoms with van der Waals surface area (Å²) in [6.45, 7) is 2.25. The Morgan fingerprint density at radius 2 is 2.32 bits per heavy atom. The maximum atomic E-state index is 6.37. The quantitative estimate of drug-likeness (QED) is 0.904. The van der Waals surface area contributed by atoms with E-state index in [4.69, 9.17) is 26.8 Å². The molecule has 5 heteroatoms. The van der Waals surface area contributed by atoms with E-state index in [9.17, 15) is 0 Å². The van der Waals surface area contributed by atoms with Gasteiger partial charge in [-0.1, -0.05) is 11.6 Å². The Morgan fingerprint density at radius 1 is 1.42 bits per heavy atom. The van der Waals surface area contributed by atoms with Crippen LogP contribution in [0.1, 0.15) is 31.0 Å². The van der Waals surface area contributed by atoms with Crippen molar-refractivity contribution in [2.45, 2.75) is 30.9 Å². The largest absolute Gasteiger partial charge is 0.378 e. The number of aromatic nitrogens is 1. The minimum atomic E-state index is -0.104. The number of pyridine rings is 1. The van der Waals surface area contributed by atoms with E-state index in [0.717, 1.165) is 38.2 Å². The highest BCUT2D eigenvalue weighted by Gasteiger charge is 2.42. The van der Waals surface area contributed by atoms with Crippen LogP contribution in [0.15, 0.2) is 18.3 Å². The second kappa shape index (κ2) is 5.37. The van der Waals surface area contributed by atoms with Crippen molar-refractivity contribution in [3.05, 3.63) is 29.0 Å². The third-order valence-electron chi connectivity index (χ3n) is 4.20. The Bertz CT molecular complexity index is 432. The number of hydrogen-bond acceptors (Lipinski definition) is 4. The molecule has 2 fully saturated rings. The molecule has 19 heavy (non-hydrogen) atoms. The van der Waals surface area contributed by atoms with Gasteiger partial charge < -0.3 is 15.2 Å². The first-order valence-electron chi connectivity index (χ1n) is 6.77. The van der Waals surface area contributed by atoms with Crippen LogP contribution >= 0.6 is 11.6 Å². The van der Waals surface area contributed by atoms with E-state index >= 15 is 0 Å². The van der Waals surface area contributed by atoms with Crippen LogP contribution in [0, 0.1) is 5.92 Å². The summed E-state index contributed by atoms with van der Waals surface area (Å²) in [7, 11) is 0. The van der Waals surface area contributed by atoms with Crippen LogP contribution in [0.2, 0.25) is 5.02 Å². The van der Waals surface area contributed by atoms with Crippen molar-refractivity contribution in [2.75, 3.05) is 19.8 Å². The van der Waals surface area contributed by atoms with Gasteiger partial charge in [-0.3, -0.25) is 4.98 Å². The molecule has 2 aliphatic rings. The van der Waals surface area contributed by atoms with Gasteiger partial charge in [0.25, 0.3) is 0 Å². The predicted octanol–water partition coefficient (Wildman–Crippen LogP) is 2.32. The van der Waals surface area contributed by atoms with E-state index < -0.39 is 0 Å². The number of nitrogens with two attached hydrogens (primary N) is 1. The summed E-state index contributed by atoms with van der Waals surface area (Å²) < 4.78 is 11.4. The van der Waals surface area contributed by atoms with Crippen LogP contribution in [0.3, 0.4) is 0 Å². The van der Waals surface area contributed by atoms with Crippen molar-refractivity contribution in [3.63, 3.8) is 0 Å². The molecular weight excluding hydrogens is 264 g/mol. The first-order chi connectivity index (χ1) is 9.19. The van der Waals surface area contributed by atoms with E-state index in [1.54, 1.807) is 6.20 Å². The Kier molecular flexibility index (Phi) is 3.76. The average molecular weight is 283 g/mol. The molecule has 1 aromatic heterocycles. The summed E-state index contributed by atoms with van der Waals surface area (Å²) in [6.07, 6.45) is 4.57. The summed E-state index contributed by atoms with van der Waals surface area (Å²) >= 11 is 5.86. The first-order valence-corrected chi connectivity index (χ1v) is 7.15. The maximum Gasteiger partial charge on any atom is 0.0940 e. The third kappa shape index (κ3) is 2.77. The second-order valence-corrected chi connectivity index (χ2v) is 5.95. The Labute approximate surface area is 118 Å². The number of hydrogen-bond donors (Lipinski definition) is 1. The zero-order valence-corrected chi connectivity index (χ0v) is 11.6. The number of ether oxygens (including phenoxy) is 2. The molecule has 0 aliphatic carbocycles. The lowest BCUT2D eigenvalue weighted by atomic mass is 9.80. The minimum Gasteiger partial charge on any atom is -0.378 e. The van der Waals surface area contributed by atoms with Crippen LogP contribution < -0.4 is 5.73 Å². The molecule has 0 saturated carbocycles. The van der Waals surface area contributed by atoms with Crippen molar-refractivity contribution >= 4 is 11.6 Å². The molecule has 0 aromatic carbocycles. The highest BCUT2D eigenvalue weighted by Crippen LogP contribution is 2.39. The monoisotopic (exact) mass is 282 g/mol. The average Bonchev–Trinajstić information content (AvgIpc) is 2.87. The van der Waals surface area contributed by atoms with Gasteiger partial charge in [0.05, 0.1) is 29.0 Å². The SMILES string of the molecule is NC(c1ccc(Cl)cn1)C1CCOC2(CCOC2)C1. The lowest BCUT2D eigenvalue weighted by molar-refractivity contribution is -0.101. The second-order valence-electron chi connectivity index (χ2n) is 5.51. The molecule has 1 aromatic rings. The van der Waals surface area contributed by atoms with Crippen LogP contribution in [0.25, 0.3) is 0 Å². The van der Waals surface area contributed by atoms with Gasteiger partial charge in [0.15, 0.2) is 0 Å². The maximum absolute atomic E-state index is 6.37. The number of rotatable bonds is 2. The summed E-state index contributed by atoms with van der Waals surface area (Å²) in [5, 5.41) is 0.642. The molecule has 4 nitrogen and oxygen atoms in total. The normalized spacial score (nSPS) is 32.6. The molecular formula is C14H19ClN2O2. The molecule has 3 atom stereocenters. The van der Waals surface area contributed by atoms with E-state index in [-0.39, 0.29) is 11.6 Å². The minimum absolute atomic E-state index is 0.0568. The standard InChI is InChI=1S/C14H19ClN2O2/c15-11-1-2-12(17-8-11)13(16)10-3-5-19-14(7-10)4-6-18-9-14/h1-2,8,10,13H,3-7,9,16H2. The van der Waals surface area contributed by atoms with Crippen molar-refractivity contribution in [2.24, 2.45) is 11.7 Å². The van der Waals surface area contributed by atoms with E-state index in [1.165, 1.54) is 0 Å². The summed E-state index contributed by atoms with van der Waals surface area (Å²) in [6, 6.07) is 3.70. The first kappa shape index (κ1) is 13.3. The number of nitrogens with zero attached hydrogens (tertiary/aromatic N) is 1. The van der Waals surface area contributed by atoms with Crippen molar-refractivity contribution in [1.29, 1.82) is 0 Å². The molecule has 0 amide bonds. The van der Waals surface area contributed by atoms with Gasteiger partial charge in [-0.25, -0.2) is 0 Å². The van der Waals surface area contributed by atoms with Gasteiger partial charge in [0.1, 0.15) is 0 Å². The van der Waals surface area contributed by atoms with Gasteiger partial charge in [-0.05, 0) is 30.9 Å². The van der Waals surface area contributed by atoms with E-state index in [2.05, 4.69) is 4.98 Å². The molecule has 2 aliphatic heterocycles. The van der Waals surface area contributed by atoms with E-state index in [0.29, 0.717) is 17.5 Å². The highest BCUT2D eigenvalue weighted by atomic mass is 35.5. The Balaban J connectivity index is 1.72. The Morgan fingerprint density at radius 3 is 3.00 bits per heavy atom. The Hall–Kier alpha value is -0.680. The van der Waals surface area contributed by atoms with Crippen LogP contribution in [-0.4, -0.2) is 30.4 Å². The molecule has 3 rings (SSSR count). The fourth-order valence-electron chi connectivity index (χ4n) is 3.06. The molecule has 2 N–H and O–H groups in total. The van der Waals surface area contributed by atoms with Crippen molar-refractivity contribution in [1.82, 2.24) is 4.98 Å². The lowest BCUT2D eigenvalue weighted by Crippen LogP contribution is -2.43. The zero-order valence-electron chi connectivity index (χ0n) is 10.8. The lowest BCUT2D eigenvalue weighted by Gasteiger charge is -2.39. The zero-order chi connectivity index (χ0) is 13.3. The summed E-state index contributed by atoms with van der Waals surface area (Å²) in [5.74, 6) is 0.393. The molecule has 0 radical (unpaired) electrons. The van der Waals surface area contributed by atoms with Crippen molar-refractivity contribution < 1.29 is 9.47 Å². The van der Waals surface area contributed by atoms with Gasteiger partial charge in [0, 0.05) is 25.8 Å². The molecule has 1 spiro atoms. The summed E-state index contributed by atoms with van der Waals surface area (Å²) in [4.78, 5) is 4.34. The molecule has 2 saturated heterocycles. The van der Waals surface area contributed by atoms with Crippen LogP contribution in [0.4, 0.5) is 0 Å². The van der Waals surface area contributed by atoms with Crippen LogP contribution in [0.5, 0.6) is 0 Å². The molecule has 104 valence electrons. The highest BCUT2D eigenvalue weighted by molar-refractivity contribution is 6.30. The van der Waals surface area contributed by atoms with E-state index in [1.807, 2.05) is 12.1 Å². The summed E-state index contributed by atoms with van der Waals surface area (Å²) in [5.41, 5.74) is 7.17. The molecule has 3 heterocycles. The van der Waals surface area contributed by atoms with Gasteiger partial charge in [-0.2, -0.15) is 0 Å². The number of halogens is 1. The fraction of sp³-hybridized carbons (Fsp3) is 0.643. The van der Waals surface area contributed by atoms with Gasteiger partial charge >= 0.3 is 0 Å². The fourth-order valence-corrected chi connectivity index (χ4v) is 3.17. The molecule has 0 bridgehead atoms. The van der Waals surface area contributed by atoms with Crippen molar-refractivity contribution in [3.8, 4) is 0 Å². The topological polar surface area (TPSA) is 57.4 Å². The smallest absolute Gasteiger partial charge is 0.0940 e.